The maximum Gasteiger partial charge on any atom is 0.332 e. The fourth-order valence-electron chi connectivity index (χ4n) is 4.54. The number of hydrogen-bond donors (Lipinski definition) is 2. The highest BCUT2D eigenvalue weighted by Crippen LogP contribution is 2.36. The van der Waals surface area contributed by atoms with Crippen LogP contribution in [0, 0.1) is 16.3 Å². The Bertz CT molecular complexity index is 1450. The van der Waals surface area contributed by atoms with Crippen LogP contribution >= 0.6 is 22.6 Å². The van der Waals surface area contributed by atoms with Crippen molar-refractivity contribution in [3.05, 3.63) is 64.3 Å². The molecule has 2 heterocycles. The van der Waals surface area contributed by atoms with Gasteiger partial charge in [0.1, 0.15) is 17.0 Å². The van der Waals surface area contributed by atoms with Gasteiger partial charge in [-0.05, 0) is 73.4 Å². The molecule has 2 fully saturated rings. The van der Waals surface area contributed by atoms with Gasteiger partial charge in [-0.3, -0.25) is 23.3 Å². The molecule has 0 spiro atoms. The van der Waals surface area contributed by atoms with Gasteiger partial charge in [0.15, 0.2) is 0 Å². The molecule has 3 N–H and O–H groups in total. The Balaban J connectivity index is 1.88. The number of pyridine rings is 1. The van der Waals surface area contributed by atoms with E-state index in [-0.39, 0.29) is 40.6 Å². The number of aromatic nitrogens is 3. The van der Waals surface area contributed by atoms with E-state index in [1.165, 1.54) is 22.2 Å². The summed E-state index contributed by atoms with van der Waals surface area (Å²) < 4.78 is 19.5. The molecule has 3 aromatic rings. The molecule has 8 nitrogen and oxygen atoms in total. The zero-order valence-corrected chi connectivity index (χ0v) is 19.8. The summed E-state index contributed by atoms with van der Waals surface area (Å²) in [6.07, 6.45) is 2.70. The Labute approximate surface area is 196 Å². The van der Waals surface area contributed by atoms with Gasteiger partial charge in [0, 0.05) is 34.3 Å². The largest absolute Gasteiger partial charge is 0.338 e. The van der Waals surface area contributed by atoms with E-state index in [2.05, 4.69) is 5.32 Å². The average Bonchev–Trinajstić information content (AvgIpc) is 3.54. The van der Waals surface area contributed by atoms with Crippen LogP contribution in [0.2, 0.25) is 0 Å². The minimum atomic E-state index is -0.501. The minimum absolute atomic E-state index is 0.0198. The van der Waals surface area contributed by atoms with Crippen LogP contribution in [0.3, 0.4) is 0 Å². The van der Waals surface area contributed by atoms with Gasteiger partial charge in [-0.1, -0.05) is 0 Å². The second-order valence-corrected chi connectivity index (χ2v) is 10.0. The summed E-state index contributed by atoms with van der Waals surface area (Å²) in [7, 11) is 1.54. The van der Waals surface area contributed by atoms with Crippen LogP contribution in [0.4, 0.5) is 15.9 Å². The van der Waals surface area contributed by atoms with E-state index in [9.17, 15) is 18.8 Å². The second kappa shape index (κ2) is 7.55. The van der Waals surface area contributed by atoms with Crippen LogP contribution in [0.15, 0.2) is 32.6 Å². The molecule has 0 amide bonds. The number of fused-ring (bicyclic) bond motifs is 1. The van der Waals surface area contributed by atoms with Crippen LogP contribution in [0.1, 0.15) is 43.3 Å². The molecule has 0 radical (unpaired) electrons. The molecule has 10 heteroatoms. The Kier molecular flexibility index (Phi) is 5.04. The van der Waals surface area contributed by atoms with Crippen LogP contribution in [-0.2, 0) is 7.05 Å². The van der Waals surface area contributed by atoms with Crippen LogP contribution in [0.25, 0.3) is 10.9 Å². The van der Waals surface area contributed by atoms with E-state index in [0.29, 0.717) is 23.9 Å². The molecular weight excluding hydrogens is 528 g/mol. The molecule has 2 aromatic heterocycles. The Morgan fingerprint density at radius 2 is 1.78 bits per heavy atom. The number of nitrogens with two attached hydrogens (primary N) is 1. The zero-order valence-electron chi connectivity index (χ0n) is 17.7. The van der Waals surface area contributed by atoms with E-state index >= 15 is 0 Å². The van der Waals surface area contributed by atoms with Gasteiger partial charge in [0.05, 0.1) is 11.2 Å². The van der Waals surface area contributed by atoms with E-state index < -0.39 is 17.1 Å². The first kappa shape index (κ1) is 21.4. The van der Waals surface area contributed by atoms with E-state index in [1.807, 2.05) is 22.6 Å². The third-order valence-electron chi connectivity index (χ3n) is 6.49. The molecule has 0 saturated heterocycles. The fourth-order valence-corrected chi connectivity index (χ4v) is 5.00. The number of rotatable bonds is 4. The molecule has 0 aliphatic heterocycles. The second-order valence-electron chi connectivity index (χ2n) is 8.75. The smallest absolute Gasteiger partial charge is 0.332 e. The highest BCUT2D eigenvalue weighted by atomic mass is 127. The topological polar surface area (TPSA) is 104 Å². The van der Waals surface area contributed by atoms with Gasteiger partial charge in [-0.25, -0.2) is 9.18 Å². The molecule has 0 atom stereocenters. The standard InChI is InChI=1S/C22H23FIN5O3/c1-10-18-17(19(27(2)20(10)30)26-16-6-3-11(24)7-15(16)23)21(31)29(13-4-5-13)22(32)28(18)14-8-12(25)9-14/h3,6-7,12-14,26H,4-5,8-9,25H2,1-2H3. The van der Waals surface area contributed by atoms with Crippen molar-refractivity contribution >= 4 is 45.0 Å². The lowest BCUT2D eigenvalue weighted by Gasteiger charge is -2.35. The maximum atomic E-state index is 14.6. The van der Waals surface area contributed by atoms with Gasteiger partial charge < -0.3 is 11.1 Å². The highest BCUT2D eigenvalue weighted by Gasteiger charge is 2.36. The Morgan fingerprint density at radius 1 is 1.09 bits per heavy atom. The normalized spacial score (nSPS) is 20.4. The van der Waals surface area contributed by atoms with Gasteiger partial charge in [0.2, 0.25) is 0 Å². The number of nitrogens with zero attached hydrogens (tertiary/aromatic N) is 3. The van der Waals surface area contributed by atoms with Crippen molar-refractivity contribution in [2.24, 2.45) is 12.8 Å². The SMILES string of the molecule is Cc1c(=O)n(C)c(Nc2ccc(I)cc2F)c2c(=O)n(C3CC3)c(=O)n(C3CC(N)C3)c12. The summed E-state index contributed by atoms with van der Waals surface area (Å²) >= 11 is 2.01. The van der Waals surface area contributed by atoms with Gasteiger partial charge >= 0.3 is 5.69 Å². The van der Waals surface area contributed by atoms with Crippen molar-refractivity contribution in [3.63, 3.8) is 0 Å². The van der Waals surface area contributed by atoms with Crippen molar-refractivity contribution in [3.8, 4) is 0 Å². The van der Waals surface area contributed by atoms with Crippen LogP contribution in [0.5, 0.6) is 0 Å². The number of nitrogens with one attached hydrogen (secondary N) is 1. The quantitative estimate of drug-likeness (QED) is 0.486. The van der Waals surface area contributed by atoms with Crippen LogP contribution in [-0.4, -0.2) is 19.7 Å². The van der Waals surface area contributed by atoms with E-state index in [0.717, 1.165) is 16.4 Å². The van der Waals surface area contributed by atoms with E-state index in [1.54, 1.807) is 23.6 Å². The highest BCUT2D eigenvalue weighted by molar-refractivity contribution is 14.1. The number of halogens is 2. The van der Waals surface area contributed by atoms with Crippen LogP contribution < -0.4 is 27.9 Å². The maximum absolute atomic E-state index is 14.6. The number of aryl methyl sites for hydroxylation is 1. The summed E-state index contributed by atoms with van der Waals surface area (Å²) in [5.74, 6) is -0.327. The molecule has 2 saturated carbocycles. The molecular formula is C22H23FIN5O3. The van der Waals surface area contributed by atoms with Crippen molar-refractivity contribution in [1.82, 2.24) is 13.7 Å². The predicted octanol–water partition coefficient (Wildman–Crippen LogP) is 2.65. The van der Waals surface area contributed by atoms with Gasteiger partial charge in [-0.15, -0.1) is 0 Å². The number of benzene rings is 1. The molecule has 32 heavy (non-hydrogen) atoms. The van der Waals surface area contributed by atoms with Crippen molar-refractivity contribution < 1.29 is 4.39 Å². The average molecular weight is 551 g/mol. The van der Waals surface area contributed by atoms with Crippen molar-refractivity contribution in [1.29, 1.82) is 0 Å². The molecule has 1 aromatic carbocycles. The Hall–Kier alpha value is -2.47. The fraction of sp³-hybridized carbons (Fsp3) is 0.409. The number of hydrogen-bond acceptors (Lipinski definition) is 5. The minimum Gasteiger partial charge on any atom is -0.338 e. The molecule has 5 rings (SSSR count). The van der Waals surface area contributed by atoms with Gasteiger partial charge in [-0.2, -0.15) is 0 Å². The summed E-state index contributed by atoms with van der Waals surface area (Å²) in [6, 6.07) is 4.31. The summed E-state index contributed by atoms with van der Waals surface area (Å²) in [4.78, 5) is 40.2. The molecule has 2 aliphatic carbocycles. The summed E-state index contributed by atoms with van der Waals surface area (Å²) in [5.41, 5.74) is 5.55. The monoisotopic (exact) mass is 551 g/mol. The first-order chi connectivity index (χ1) is 15.2. The van der Waals surface area contributed by atoms with E-state index in [4.69, 9.17) is 5.73 Å². The summed E-state index contributed by atoms with van der Waals surface area (Å²) in [6.45, 7) is 1.62. The van der Waals surface area contributed by atoms with Crippen molar-refractivity contribution in [2.75, 3.05) is 5.32 Å². The first-order valence-corrected chi connectivity index (χ1v) is 11.6. The lowest BCUT2D eigenvalue weighted by molar-refractivity contribution is 0.260. The lowest BCUT2D eigenvalue weighted by Crippen LogP contribution is -2.48. The molecule has 2 aliphatic rings. The first-order valence-electron chi connectivity index (χ1n) is 10.6. The molecule has 0 bridgehead atoms. The lowest BCUT2D eigenvalue weighted by atomic mass is 9.87. The van der Waals surface area contributed by atoms with Crippen molar-refractivity contribution in [2.45, 2.75) is 50.7 Å². The Morgan fingerprint density at radius 3 is 2.38 bits per heavy atom. The molecule has 168 valence electrons. The third-order valence-corrected chi connectivity index (χ3v) is 7.16. The zero-order chi connectivity index (χ0) is 22.9. The predicted molar refractivity (Wildman–Crippen MR) is 129 cm³/mol. The summed E-state index contributed by atoms with van der Waals surface area (Å²) in [5, 5.41) is 3.18. The van der Waals surface area contributed by atoms with Gasteiger partial charge in [0.25, 0.3) is 11.1 Å². The number of anilines is 2. The molecule has 0 unspecified atom stereocenters. The third kappa shape index (κ3) is 3.22.